The summed E-state index contributed by atoms with van der Waals surface area (Å²) in [4.78, 5) is 25.1. The Morgan fingerprint density at radius 2 is 0.705 bits per heavy atom. The molecule has 0 aliphatic rings. The van der Waals surface area contributed by atoms with E-state index >= 15 is 0 Å². The van der Waals surface area contributed by atoms with E-state index in [1.807, 2.05) is 0 Å². The van der Waals surface area contributed by atoms with Crippen LogP contribution in [0.4, 0.5) is 0 Å². The SMILES string of the molecule is CCCCCCCCCCCCOC(=O)C(OS(=O)(=O)[O-])C(OS(=O)(=O)[O-])C(=O)OCCCCCCCCCCCC.[Na+].[Na+]. The number of carbonyl (C=O) groups excluding carboxylic acids is 2. The second-order valence-electron chi connectivity index (χ2n) is 10.5. The zero-order valence-electron chi connectivity index (χ0n) is 27.4. The Labute approximate surface area is 310 Å². The fraction of sp³-hybridized carbons (Fsp3) is 0.929. The van der Waals surface area contributed by atoms with Gasteiger partial charge in [0.2, 0.25) is 33.0 Å². The molecule has 0 aromatic rings. The molecule has 0 rings (SSSR count). The van der Waals surface area contributed by atoms with Crippen LogP contribution in [0.2, 0.25) is 0 Å². The molecular formula is C28H52Na2O12S2. The molecule has 0 bridgehead atoms. The van der Waals surface area contributed by atoms with Gasteiger partial charge in [-0.15, -0.1) is 0 Å². The van der Waals surface area contributed by atoms with E-state index < -0.39 is 44.9 Å². The van der Waals surface area contributed by atoms with Crippen molar-refractivity contribution in [3.05, 3.63) is 0 Å². The molecule has 0 fully saturated rings. The monoisotopic (exact) mass is 690 g/mol. The average Bonchev–Trinajstić information content (AvgIpc) is 2.91. The maximum atomic E-state index is 12.5. The summed E-state index contributed by atoms with van der Waals surface area (Å²) in [5, 5.41) is 0. The smallest absolute Gasteiger partial charge is 0.725 e. The van der Waals surface area contributed by atoms with Crippen molar-refractivity contribution in [2.24, 2.45) is 0 Å². The van der Waals surface area contributed by atoms with Crippen molar-refractivity contribution in [3.8, 4) is 0 Å². The van der Waals surface area contributed by atoms with Gasteiger partial charge in [-0.25, -0.2) is 26.4 Å². The summed E-state index contributed by atoms with van der Waals surface area (Å²) in [6, 6.07) is 0. The van der Waals surface area contributed by atoms with Crippen molar-refractivity contribution in [3.63, 3.8) is 0 Å². The molecule has 250 valence electrons. The van der Waals surface area contributed by atoms with Crippen molar-refractivity contribution in [1.29, 1.82) is 0 Å². The maximum absolute atomic E-state index is 12.5. The summed E-state index contributed by atoms with van der Waals surface area (Å²) in [5.41, 5.74) is 0. The van der Waals surface area contributed by atoms with Crippen LogP contribution in [-0.2, 0) is 48.2 Å². The summed E-state index contributed by atoms with van der Waals surface area (Å²) in [7, 11) is -11.3. The summed E-state index contributed by atoms with van der Waals surface area (Å²) in [6.45, 7) is 3.90. The molecule has 16 heteroatoms. The molecule has 0 N–H and O–H groups in total. The van der Waals surface area contributed by atoms with Crippen LogP contribution in [0.15, 0.2) is 0 Å². The van der Waals surface area contributed by atoms with E-state index in [9.17, 15) is 35.5 Å². The first-order chi connectivity index (χ1) is 19.9. The molecule has 0 aromatic heterocycles. The van der Waals surface area contributed by atoms with Crippen LogP contribution in [0.1, 0.15) is 142 Å². The number of unbranched alkanes of at least 4 members (excludes halogenated alkanes) is 18. The Hall–Kier alpha value is 0.680. The average molecular weight is 691 g/mol. The van der Waals surface area contributed by atoms with Gasteiger partial charge in [0.15, 0.2) is 0 Å². The largest absolute Gasteiger partial charge is 1.00 e. The van der Waals surface area contributed by atoms with Gasteiger partial charge in [0.25, 0.3) is 0 Å². The van der Waals surface area contributed by atoms with Gasteiger partial charge in [-0.05, 0) is 12.8 Å². The van der Waals surface area contributed by atoms with Crippen molar-refractivity contribution >= 4 is 32.7 Å². The Morgan fingerprint density at radius 1 is 0.477 bits per heavy atom. The van der Waals surface area contributed by atoms with Crippen LogP contribution >= 0.6 is 0 Å². The topological polar surface area (TPSA) is 185 Å². The fourth-order valence-corrected chi connectivity index (χ4v) is 5.24. The minimum Gasteiger partial charge on any atom is -0.725 e. The van der Waals surface area contributed by atoms with E-state index in [2.05, 4.69) is 22.2 Å². The van der Waals surface area contributed by atoms with Gasteiger partial charge in [0.05, 0.1) is 13.2 Å². The van der Waals surface area contributed by atoms with E-state index in [1.165, 1.54) is 51.4 Å². The Balaban J connectivity index is -0.00000840. The second kappa shape index (κ2) is 31.0. The van der Waals surface area contributed by atoms with Gasteiger partial charge in [-0.1, -0.05) is 129 Å². The fourth-order valence-electron chi connectivity index (χ4n) is 4.37. The Morgan fingerprint density at radius 3 is 0.932 bits per heavy atom. The third-order valence-electron chi connectivity index (χ3n) is 6.67. The first-order valence-corrected chi connectivity index (χ1v) is 18.2. The zero-order valence-corrected chi connectivity index (χ0v) is 33.1. The van der Waals surface area contributed by atoms with E-state index in [-0.39, 0.29) is 72.3 Å². The second-order valence-corrected chi connectivity index (χ2v) is 12.6. The predicted molar refractivity (Wildman–Crippen MR) is 155 cm³/mol. The number of rotatable bonds is 29. The van der Waals surface area contributed by atoms with Gasteiger partial charge in [-0.2, -0.15) is 0 Å². The minimum absolute atomic E-state index is 0. The molecule has 0 saturated carbocycles. The van der Waals surface area contributed by atoms with E-state index in [1.54, 1.807) is 0 Å². The van der Waals surface area contributed by atoms with Crippen LogP contribution in [0.3, 0.4) is 0 Å². The van der Waals surface area contributed by atoms with Crippen LogP contribution in [-0.4, -0.2) is 63.3 Å². The molecule has 0 aliphatic carbocycles. The summed E-state index contributed by atoms with van der Waals surface area (Å²) in [5.74, 6) is -3.09. The molecule has 0 saturated heterocycles. The Kier molecular flexibility index (Phi) is 34.5. The first-order valence-electron chi connectivity index (χ1n) is 15.5. The molecule has 0 spiro atoms. The van der Waals surface area contributed by atoms with Crippen LogP contribution in [0.5, 0.6) is 0 Å². The summed E-state index contributed by atoms with van der Waals surface area (Å²) < 4.78 is 85.5. The Bertz CT molecular complexity index is 844. The normalized spacial score (nSPS) is 12.9. The molecule has 0 heterocycles. The molecule has 2 atom stereocenters. The number of carbonyl (C=O) groups is 2. The van der Waals surface area contributed by atoms with Crippen molar-refractivity contribution < 1.29 is 112 Å². The molecule has 0 aliphatic heterocycles. The van der Waals surface area contributed by atoms with Crippen molar-refractivity contribution in [2.75, 3.05) is 13.2 Å². The summed E-state index contributed by atoms with van der Waals surface area (Å²) in [6.07, 6.45) is 14.8. The van der Waals surface area contributed by atoms with E-state index in [0.29, 0.717) is 25.7 Å². The molecule has 2 unspecified atom stereocenters. The molecule has 0 radical (unpaired) electrons. The van der Waals surface area contributed by atoms with E-state index in [0.717, 1.165) is 51.4 Å². The van der Waals surface area contributed by atoms with Gasteiger partial charge in [-0.3, -0.25) is 8.37 Å². The third kappa shape index (κ3) is 31.3. The van der Waals surface area contributed by atoms with Gasteiger partial charge in [0, 0.05) is 0 Å². The molecular weight excluding hydrogens is 638 g/mol. The number of ether oxygens (including phenoxy) is 2. The predicted octanol–water partition coefficient (Wildman–Crippen LogP) is -0.387. The van der Waals surface area contributed by atoms with E-state index in [4.69, 9.17) is 9.47 Å². The summed E-state index contributed by atoms with van der Waals surface area (Å²) >= 11 is 0. The van der Waals surface area contributed by atoms with Crippen LogP contribution < -0.4 is 59.1 Å². The van der Waals surface area contributed by atoms with Crippen molar-refractivity contribution in [2.45, 2.75) is 154 Å². The standard InChI is InChI=1S/C28H54O12S2.2Na/c1-3-5-7-9-11-13-15-17-19-21-23-37-27(29)25(39-41(31,32)33)26(40-42(34,35)36)28(30)38-24-22-20-18-16-14-12-10-8-6-4-2;;/h25-26H,3-24H2,1-2H3,(H,31,32,33)(H,34,35,36);;/q;2*+1/p-2. The van der Waals surface area contributed by atoms with Gasteiger partial charge in [0.1, 0.15) is 0 Å². The van der Waals surface area contributed by atoms with Crippen molar-refractivity contribution in [1.82, 2.24) is 0 Å². The number of esters is 2. The first kappa shape index (κ1) is 49.1. The minimum atomic E-state index is -5.64. The van der Waals surface area contributed by atoms with Crippen LogP contribution in [0.25, 0.3) is 0 Å². The van der Waals surface area contributed by atoms with Crippen LogP contribution in [0, 0.1) is 0 Å². The maximum Gasteiger partial charge on any atom is 1.00 e. The molecule has 44 heavy (non-hydrogen) atoms. The zero-order chi connectivity index (χ0) is 31.7. The quantitative estimate of drug-likeness (QED) is 0.0326. The molecule has 12 nitrogen and oxygen atoms in total. The van der Waals surface area contributed by atoms with Gasteiger partial charge >= 0.3 is 71.1 Å². The van der Waals surface area contributed by atoms with Gasteiger partial charge < -0.3 is 18.6 Å². The molecule has 0 aromatic carbocycles. The number of hydrogen-bond donors (Lipinski definition) is 0. The third-order valence-corrected chi connectivity index (χ3v) is 7.55. The number of hydrogen-bond acceptors (Lipinski definition) is 12. The molecule has 0 amide bonds.